The smallest absolute Gasteiger partial charge is 0.127 e. The Kier molecular flexibility index (Phi) is 5.79. The van der Waals surface area contributed by atoms with Crippen molar-refractivity contribution in [3.8, 4) is 0 Å². The van der Waals surface area contributed by atoms with Crippen molar-refractivity contribution >= 4 is 0 Å². The first kappa shape index (κ1) is 16.5. The van der Waals surface area contributed by atoms with E-state index in [-0.39, 0.29) is 11.6 Å². The first-order valence-corrected chi connectivity index (χ1v) is 8.24. The van der Waals surface area contributed by atoms with Gasteiger partial charge in [0.1, 0.15) is 5.82 Å². The van der Waals surface area contributed by atoms with Gasteiger partial charge >= 0.3 is 0 Å². The minimum absolute atomic E-state index is 0.0536. The van der Waals surface area contributed by atoms with E-state index in [9.17, 15) is 0 Å². The summed E-state index contributed by atoms with van der Waals surface area (Å²) in [5.41, 5.74) is 0.0536. The summed E-state index contributed by atoms with van der Waals surface area (Å²) in [5.74, 6) is 1.15. The Balaban J connectivity index is 2.33. The number of hydrogen-bond donors (Lipinski definition) is 1. The third-order valence-corrected chi connectivity index (χ3v) is 4.83. The third kappa shape index (κ3) is 3.30. The average molecular weight is 294 g/mol. The summed E-state index contributed by atoms with van der Waals surface area (Å²) >= 11 is 0. The van der Waals surface area contributed by atoms with Crippen molar-refractivity contribution in [3.63, 3.8) is 0 Å². The molecule has 2 heterocycles. The van der Waals surface area contributed by atoms with E-state index in [1.54, 1.807) is 0 Å². The fourth-order valence-electron chi connectivity index (χ4n) is 3.33. The van der Waals surface area contributed by atoms with Gasteiger partial charge in [-0.3, -0.25) is 4.90 Å². The number of aryl methyl sites for hydroxylation is 1. The van der Waals surface area contributed by atoms with Gasteiger partial charge in [0, 0.05) is 37.6 Å². The summed E-state index contributed by atoms with van der Waals surface area (Å²) in [7, 11) is 0. The predicted octanol–water partition coefficient (Wildman–Crippen LogP) is 2.05. The summed E-state index contributed by atoms with van der Waals surface area (Å²) in [6.45, 7) is 14.5. The number of likely N-dealkylation sites (N-methyl/N-ethyl adjacent to an activating group) is 1. The lowest BCUT2D eigenvalue weighted by molar-refractivity contribution is -0.0342. The van der Waals surface area contributed by atoms with Crippen molar-refractivity contribution in [2.75, 3.05) is 32.8 Å². The van der Waals surface area contributed by atoms with Crippen molar-refractivity contribution in [1.82, 2.24) is 19.8 Å². The minimum atomic E-state index is 0.0536. The van der Waals surface area contributed by atoms with Crippen LogP contribution in [0.25, 0.3) is 0 Å². The van der Waals surface area contributed by atoms with Crippen molar-refractivity contribution in [2.45, 2.75) is 52.2 Å². The van der Waals surface area contributed by atoms with Gasteiger partial charge in [0.25, 0.3) is 0 Å². The molecular formula is C16H30N4O. The highest BCUT2D eigenvalue weighted by molar-refractivity contribution is 5.10. The molecule has 1 aliphatic heterocycles. The van der Waals surface area contributed by atoms with Crippen molar-refractivity contribution in [3.05, 3.63) is 18.2 Å². The summed E-state index contributed by atoms with van der Waals surface area (Å²) < 4.78 is 7.78. The van der Waals surface area contributed by atoms with Crippen LogP contribution < -0.4 is 5.32 Å². The number of ether oxygens (including phenoxy) is 1. The molecule has 120 valence electrons. The standard InChI is InChI=1S/C16H30N4O/c1-5-16(4,20-10-12-21-13-11-20)14(17-6-2)15-18-8-9-19(15)7-3/h8-9,14,17H,5-7,10-13H2,1-4H3. The number of morpholine rings is 1. The molecule has 1 saturated heterocycles. The van der Waals surface area contributed by atoms with Crippen LogP contribution in [-0.2, 0) is 11.3 Å². The van der Waals surface area contributed by atoms with Crippen LogP contribution in [0.2, 0.25) is 0 Å². The van der Waals surface area contributed by atoms with Crippen LogP contribution in [0, 0.1) is 0 Å². The zero-order chi connectivity index (χ0) is 15.3. The Morgan fingerprint density at radius 3 is 2.62 bits per heavy atom. The van der Waals surface area contributed by atoms with E-state index in [1.807, 2.05) is 6.20 Å². The van der Waals surface area contributed by atoms with Crippen LogP contribution >= 0.6 is 0 Å². The van der Waals surface area contributed by atoms with E-state index in [0.717, 1.165) is 51.6 Å². The molecule has 2 unspecified atom stereocenters. The van der Waals surface area contributed by atoms with E-state index in [0.29, 0.717) is 0 Å². The molecule has 0 amide bonds. The highest BCUT2D eigenvalue weighted by Gasteiger charge is 2.41. The molecule has 0 bridgehead atoms. The third-order valence-electron chi connectivity index (χ3n) is 4.83. The second-order valence-electron chi connectivity index (χ2n) is 5.87. The average Bonchev–Trinajstić information content (AvgIpc) is 3.01. The van der Waals surface area contributed by atoms with Gasteiger partial charge in [-0.05, 0) is 26.8 Å². The number of imidazole rings is 1. The van der Waals surface area contributed by atoms with Crippen LogP contribution in [0.15, 0.2) is 12.4 Å². The Morgan fingerprint density at radius 1 is 1.33 bits per heavy atom. The van der Waals surface area contributed by atoms with E-state index in [1.165, 1.54) is 0 Å². The van der Waals surface area contributed by atoms with Crippen LogP contribution in [-0.4, -0.2) is 52.8 Å². The highest BCUT2D eigenvalue weighted by atomic mass is 16.5. The van der Waals surface area contributed by atoms with Gasteiger partial charge in [-0.1, -0.05) is 13.8 Å². The van der Waals surface area contributed by atoms with E-state index >= 15 is 0 Å². The molecule has 1 N–H and O–H groups in total. The topological polar surface area (TPSA) is 42.3 Å². The fraction of sp³-hybridized carbons (Fsp3) is 0.812. The largest absolute Gasteiger partial charge is 0.379 e. The first-order valence-electron chi connectivity index (χ1n) is 8.24. The Bertz CT molecular complexity index is 428. The van der Waals surface area contributed by atoms with Gasteiger partial charge in [0.05, 0.1) is 19.3 Å². The molecule has 0 radical (unpaired) electrons. The van der Waals surface area contributed by atoms with Gasteiger partial charge in [0.2, 0.25) is 0 Å². The zero-order valence-corrected chi connectivity index (χ0v) is 13.9. The lowest BCUT2D eigenvalue weighted by Gasteiger charge is -2.47. The summed E-state index contributed by atoms with van der Waals surface area (Å²) in [6.07, 6.45) is 5.08. The van der Waals surface area contributed by atoms with E-state index in [2.05, 4.69) is 53.7 Å². The number of nitrogens with zero attached hydrogens (tertiary/aromatic N) is 3. The number of hydrogen-bond acceptors (Lipinski definition) is 4. The maximum atomic E-state index is 5.53. The fourth-order valence-corrected chi connectivity index (χ4v) is 3.33. The molecule has 2 rings (SSSR count). The maximum absolute atomic E-state index is 5.53. The highest BCUT2D eigenvalue weighted by Crippen LogP contribution is 2.34. The van der Waals surface area contributed by atoms with Gasteiger partial charge < -0.3 is 14.6 Å². The maximum Gasteiger partial charge on any atom is 0.127 e. The molecule has 0 spiro atoms. The summed E-state index contributed by atoms with van der Waals surface area (Å²) in [6, 6.07) is 0.237. The van der Waals surface area contributed by atoms with Gasteiger partial charge in [-0.2, -0.15) is 0 Å². The van der Waals surface area contributed by atoms with E-state index < -0.39 is 0 Å². The minimum Gasteiger partial charge on any atom is -0.379 e. The van der Waals surface area contributed by atoms with Crippen molar-refractivity contribution in [2.24, 2.45) is 0 Å². The monoisotopic (exact) mass is 294 g/mol. The van der Waals surface area contributed by atoms with Gasteiger partial charge in [-0.25, -0.2) is 4.98 Å². The molecular weight excluding hydrogens is 264 g/mol. The number of aromatic nitrogens is 2. The molecule has 0 aromatic carbocycles. The Labute approximate surface area is 128 Å². The predicted molar refractivity (Wildman–Crippen MR) is 85.4 cm³/mol. The van der Waals surface area contributed by atoms with E-state index in [4.69, 9.17) is 4.74 Å². The Morgan fingerprint density at radius 2 is 2.05 bits per heavy atom. The SMILES string of the molecule is CCNC(c1nccn1CC)C(C)(CC)N1CCOCC1. The molecule has 0 aliphatic carbocycles. The normalized spacial score (nSPS) is 21.1. The lowest BCUT2D eigenvalue weighted by Crippen LogP contribution is -2.58. The lowest BCUT2D eigenvalue weighted by atomic mass is 9.86. The summed E-state index contributed by atoms with van der Waals surface area (Å²) in [5, 5.41) is 3.68. The van der Waals surface area contributed by atoms with Crippen molar-refractivity contribution in [1.29, 1.82) is 0 Å². The number of rotatable bonds is 7. The molecule has 1 aliphatic rings. The zero-order valence-electron chi connectivity index (χ0n) is 13.9. The first-order chi connectivity index (χ1) is 10.2. The van der Waals surface area contributed by atoms with Crippen LogP contribution in [0.3, 0.4) is 0 Å². The van der Waals surface area contributed by atoms with Crippen LogP contribution in [0.5, 0.6) is 0 Å². The Hall–Kier alpha value is -0.910. The summed E-state index contributed by atoms with van der Waals surface area (Å²) in [4.78, 5) is 7.23. The second-order valence-corrected chi connectivity index (χ2v) is 5.87. The molecule has 2 atom stereocenters. The molecule has 1 aromatic heterocycles. The van der Waals surface area contributed by atoms with Crippen LogP contribution in [0.4, 0.5) is 0 Å². The van der Waals surface area contributed by atoms with Gasteiger partial charge in [-0.15, -0.1) is 0 Å². The quantitative estimate of drug-likeness (QED) is 0.836. The number of nitrogens with one attached hydrogen (secondary N) is 1. The molecule has 5 nitrogen and oxygen atoms in total. The molecule has 5 heteroatoms. The molecule has 1 fully saturated rings. The molecule has 0 saturated carbocycles. The molecule has 21 heavy (non-hydrogen) atoms. The second kappa shape index (κ2) is 7.38. The van der Waals surface area contributed by atoms with Crippen molar-refractivity contribution < 1.29 is 4.74 Å². The van der Waals surface area contributed by atoms with Crippen LogP contribution in [0.1, 0.15) is 46.0 Å². The molecule has 1 aromatic rings. The van der Waals surface area contributed by atoms with Gasteiger partial charge in [0.15, 0.2) is 0 Å².